The van der Waals surface area contributed by atoms with E-state index in [2.05, 4.69) is 0 Å². The highest BCUT2D eigenvalue weighted by molar-refractivity contribution is 5.22. The number of rotatable bonds is 1. The molecule has 1 fully saturated rings. The van der Waals surface area contributed by atoms with E-state index in [1.807, 2.05) is 10.6 Å². The topological polar surface area (TPSA) is 42.2 Å². The van der Waals surface area contributed by atoms with Crippen LogP contribution in [0.4, 0.5) is 0 Å². The van der Waals surface area contributed by atoms with Gasteiger partial charge in [0, 0.05) is 18.3 Å². The molecule has 1 aliphatic carbocycles. The van der Waals surface area contributed by atoms with Crippen LogP contribution in [0.2, 0.25) is 0 Å². The zero-order valence-electron chi connectivity index (χ0n) is 9.35. The van der Waals surface area contributed by atoms with Crippen LogP contribution in [0.3, 0.4) is 0 Å². The summed E-state index contributed by atoms with van der Waals surface area (Å²) in [7, 11) is 0. The van der Waals surface area contributed by atoms with Gasteiger partial charge >= 0.3 is 0 Å². The van der Waals surface area contributed by atoms with Gasteiger partial charge in [0.05, 0.1) is 6.61 Å². The van der Waals surface area contributed by atoms with Crippen molar-refractivity contribution < 1.29 is 5.11 Å². The third kappa shape index (κ3) is 1.50. The predicted molar refractivity (Wildman–Crippen MR) is 61.3 cm³/mol. The van der Waals surface area contributed by atoms with Crippen LogP contribution >= 0.6 is 0 Å². The lowest BCUT2D eigenvalue weighted by molar-refractivity contribution is 0.238. The van der Waals surface area contributed by atoms with Crippen molar-refractivity contribution in [3.63, 3.8) is 0 Å². The first-order chi connectivity index (χ1) is 7.78. The molecule has 3 nitrogen and oxygen atoms in total. The van der Waals surface area contributed by atoms with Gasteiger partial charge in [0.25, 0.3) is 5.56 Å². The lowest BCUT2D eigenvalue weighted by atomic mass is 9.76. The van der Waals surface area contributed by atoms with E-state index >= 15 is 0 Å². The number of pyridine rings is 1. The summed E-state index contributed by atoms with van der Waals surface area (Å²) >= 11 is 0. The normalized spacial score (nSPS) is 27.6. The molecule has 1 N–H and O–H groups in total. The first-order valence-electron chi connectivity index (χ1n) is 6.12. The number of hydrogen-bond donors (Lipinski definition) is 1. The first-order valence-corrected chi connectivity index (χ1v) is 6.12. The minimum Gasteiger partial charge on any atom is -0.392 e. The van der Waals surface area contributed by atoms with Gasteiger partial charge in [0.2, 0.25) is 0 Å². The minimum atomic E-state index is -0.0285. The molecule has 1 aromatic rings. The maximum atomic E-state index is 11.9. The van der Waals surface area contributed by atoms with Crippen LogP contribution in [0, 0.1) is 5.92 Å². The molecule has 1 aliphatic heterocycles. The number of fused-ring (bicyclic) bond motifs is 4. The Balaban J connectivity index is 2.13. The van der Waals surface area contributed by atoms with Gasteiger partial charge in [0.1, 0.15) is 0 Å². The molecule has 0 saturated heterocycles. The number of aliphatic hydroxyl groups excluding tert-OH is 1. The zero-order chi connectivity index (χ0) is 11.1. The molecule has 1 aromatic heterocycles. The van der Waals surface area contributed by atoms with Gasteiger partial charge < -0.3 is 9.67 Å². The van der Waals surface area contributed by atoms with Crippen molar-refractivity contribution in [2.75, 3.05) is 0 Å². The van der Waals surface area contributed by atoms with Crippen LogP contribution in [-0.2, 0) is 13.2 Å². The first kappa shape index (κ1) is 10.1. The molecule has 0 spiro atoms. The Bertz CT molecular complexity index is 463. The van der Waals surface area contributed by atoms with Gasteiger partial charge in [-0.25, -0.2) is 0 Å². The molecule has 0 amide bonds. The van der Waals surface area contributed by atoms with Crippen LogP contribution in [0.15, 0.2) is 16.9 Å². The van der Waals surface area contributed by atoms with Gasteiger partial charge in [-0.2, -0.15) is 0 Å². The minimum absolute atomic E-state index is 0.0285. The molecule has 3 rings (SSSR count). The second-order valence-corrected chi connectivity index (χ2v) is 5.12. The van der Waals surface area contributed by atoms with Crippen LogP contribution in [0.5, 0.6) is 0 Å². The van der Waals surface area contributed by atoms with Crippen LogP contribution < -0.4 is 5.56 Å². The quantitative estimate of drug-likeness (QED) is 0.780. The fourth-order valence-electron chi connectivity index (χ4n) is 3.28. The molecule has 2 unspecified atom stereocenters. The monoisotopic (exact) mass is 219 g/mol. The maximum Gasteiger partial charge on any atom is 0.251 e. The number of aromatic nitrogens is 1. The lowest BCUT2D eigenvalue weighted by Crippen LogP contribution is -2.35. The maximum absolute atomic E-state index is 11.9. The summed E-state index contributed by atoms with van der Waals surface area (Å²) in [6.07, 6.45) is 4.98. The summed E-state index contributed by atoms with van der Waals surface area (Å²) in [6, 6.07) is 3.60. The van der Waals surface area contributed by atoms with E-state index in [0.29, 0.717) is 11.8 Å². The van der Waals surface area contributed by atoms with Gasteiger partial charge in [0.15, 0.2) is 0 Å². The zero-order valence-corrected chi connectivity index (χ0v) is 9.35. The molecule has 2 aliphatic rings. The standard InChI is InChI=1S/C13H17NO2/c15-8-10-5-12-11-3-1-2-9(4-11)7-14(12)13(16)6-10/h5-6,9,11,15H,1-4,7-8H2. The van der Waals surface area contributed by atoms with E-state index in [4.69, 9.17) is 5.11 Å². The van der Waals surface area contributed by atoms with Crippen LogP contribution in [0.25, 0.3) is 0 Å². The Labute approximate surface area is 94.7 Å². The van der Waals surface area contributed by atoms with Crippen molar-refractivity contribution in [1.82, 2.24) is 4.57 Å². The predicted octanol–water partition coefficient (Wildman–Crippen LogP) is 1.63. The second-order valence-electron chi connectivity index (χ2n) is 5.12. The molecule has 1 saturated carbocycles. The molecule has 0 aromatic carbocycles. The number of aliphatic hydroxyl groups is 1. The smallest absolute Gasteiger partial charge is 0.251 e. The summed E-state index contributed by atoms with van der Waals surface area (Å²) in [6.45, 7) is 0.857. The van der Waals surface area contributed by atoms with Crippen molar-refractivity contribution in [3.05, 3.63) is 33.7 Å². The van der Waals surface area contributed by atoms with Crippen molar-refractivity contribution in [3.8, 4) is 0 Å². The van der Waals surface area contributed by atoms with Gasteiger partial charge in [-0.1, -0.05) is 6.42 Å². The Morgan fingerprint density at radius 3 is 3.06 bits per heavy atom. The number of nitrogens with zero attached hydrogens (tertiary/aromatic N) is 1. The fraction of sp³-hybridized carbons (Fsp3) is 0.615. The van der Waals surface area contributed by atoms with E-state index in [1.54, 1.807) is 6.07 Å². The molecule has 2 atom stereocenters. The highest BCUT2D eigenvalue weighted by atomic mass is 16.3. The van der Waals surface area contributed by atoms with Crippen LogP contribution in [-0.4, -0.2) is 9.67 Å². The Morgan fingerprint density at radius 1 is 1.38 bits per heavy atom. The van der Waals surface area contributed by atoms with Crippen molar-refractivity contribution in [2.45, 2.75) is 44.8 Å². The fourth-order valence-corrected chi connectivity index (χ4v) is 3.28. The van der Waals surface area contributed by atoms with E-state index < -0.39 is 0 Å². The van der Waals surface area contributed by atoms with Gasteiger partial charge in [-0.05, 0) is 42.7 Å². The van der Waals surface area contributed by atoms with Crippen molar-refractivity contribution in [2.24, 2.45) is 5.92 Å². The third-order valence-electron chi connectivity index (χ3n) is 4.04. The molecule has 86 valence electrons. The Morgan fingerprint density at radius 2 is 2.25 bits per heavy atom. The van der Waals surface area contributed by atoms with Gasteiger partial charge in [-0.15, -0.1) is 0 Å². The Kier molecular flexibility index (Phi) is 2.36. The summed E-state index contributed by atoms with van der Waals surface area (Å²) in [5.41, 5.74) is 1.99. The van der Waals surface area contributed by atoms with E-state index in [1.165, 1.54) is 25.7 Å². The average Bonchev–Trinajstić information content (AvgIpc) is 2.31. The van der Waals surface area contributed by atoms with Crippen LogP contribution in [0.1, 0.15) is 42.9 Å². The highest BCUT2D eigenvalue weighted by Crippen LogP contribution is 2.40. The second kappa shape index (κ2) is 3.74. The summed E-state index contributed by atoms with van der Waals surface area (Å²) in [5.74, 6) is 1.25. The molecular weight excluding hydrogens is 202 g/mol. The molecule has 16 heavy (non-hydrogen) atoms. The van der Waals surface area contributed by atoms with E-state index in [0.717, 1.165) is 17.8 Å². The summed E-state index contributed by atoms with van der Waals surface area (Å²) in [4.78, 5) is 11.9. The highest BCUT2D eigenvalue weighted by Gasteiger charge is 2.30. The summed E-state index contributed by atoms with van der Waals surface area (Å²) in [5, 5.41) is 9.14. The molecular formula is C13H17NO2. The average molecular weight is 219 g/mol. The number of hydrogen-bond acceptors (Lipinski definition) is 2. The van der Waals surface area contributed by atoms with Gasteiger partial charge in [-0.3, -0.25) is 4.79 Å². The molecule has 2 heterocycles. The molecule has 0 radical (unpaired) electrons. The largest absolute Gasteiger partial charge is 0.392 e. The summed E-state index contributed by atoms with van der Waals surface area (Å²) < 4.78 is 1.93. The van der Waals surface area contributed by atoms with E-state index in [9.17, 15) is 4.79 Å². The lowest BCUT2D eigenvalue weighted by Gasteiger charge is -2.37. The SMILES string of the molecule is O=c1cc(CO)cc2n1CC1CCCC2C1. The van der Waals surface area contributed by atoms with Crippen molar-refractivity contribution >= 4 is 0 Å². The Hall–Kier alpha value is -1.09. The molecule has 3 heteroatoms. The third-order valence-corrected chi connectivity index (χ3v) is 4.04. The van der Waals surface area contributed by atoms with Crippen molar-refractivity contribution in [1.29, 1.82) is 0 Å². The molecule has 2 bridgehead atoms. The van der Waals surface area contributed by atoms with E-state index in [-0.39, 0.29) is 12.2 Å².